The normalized spacial score (nSPS) is 17.9. The highest BCUT2D eigenvalue weighted by Gasteiger charge is 2.30. The van der Waals surface area contributed by atoms with E-state index in [9.17, 15) is 12.8 Å². The summed E-state index contributed by atoms with van der Waals surface area (Å²) in [6.07, 6.45) is 5.25. The van der Waals surface area contributed by atoms with Gasteiger partial charge in [0, 0.05) is 7.11 Å². The monoisotopic (exact) mass is 315 g/mol. The number of benzene rings is 1. The Morgan fingerprint density at radius 1 is 1.33 bits per heavy atom. The van der Waals surface area contributed by atoms with Crippen molar-refractivity contribution in [3.63, 3.8) is 0 Å². The molecule has 1 unspecified atom stereocenters. The van der Waals surface area contributed by atoms with Crippen LogP contribution in [0, 0.1) is 11.7 Å². The zero-order chi connectivity index (χ0) is 15.5. The van der Waals surface area contributed by atoms with Gasteiger partial charge in [-0.25, -0.2) is 12.8 Å². The van der Waals surface area contributed by atoms with Crippen LogP contribution in [-0.4, -0.2) is 34.4 Å². The molecule has 118 valence electrons. The molecule has 1 aromatic rings. The fraction of sp³-hybridized carbons (Fsp3) is 0.600. The lowest BCUT2D eigenvalue weighted by Gasteiger charge is -2.30. The van der Waals surface area contributed by atoms with E-state index in [2.05, 4.69) is 0 Å². The molecule has 0 saturated heterocycles. The van der Waals surface area contributed by atoms with E-state index < -0.39 is 15.8 Å². The van der Waals surface area contributed by atoms with Gasteiger partial charge < -0.3 is 4.74 Å². The number of anilines is 1. The molecule has 0 aliphatic heterocycles. The van der Waals surface area contributed by atoms with Crippen LogP contribution in [-0.2, 0) is 14.8 Å². The maximum absolute atomic E-state index is 14.0. The number of rotatable bonds is 6. The second-order valence-corrected chi connectivity index (χ2v) is 7.47. The van der Waals surface area contributed by atoms with Crippen molar-refractivity contribution in [2.45, 2.75) is 31.8 Å². The SMILES string of the molecule is COC(CN(c1ccccc1F)S(C)(=O)=O)C1CCCC1. The zero-order valence-electron chi connectivity index (χ0n) is 12.5. The van der Waals surface area contributed by atoms with Crippen LogP contribution >= 0.6 is 0 Å². The van der Waals surface area contributed by atoms with Crippen molar-refractivity contribution in [3.8, 4) is 0 Å². The van der Waals surface area contributed by atoms with E-state index >= 15 is 0 Å². The molecular formula is C15H22FNO3S. The summed E-state index contributed by atoms with van der Waals surface area (Å²) in [5.41, 5.74) is 0.0834. The maximum atomic E-state index is 14.0. The first-order valence-electron chi connectivity index (χ1n) is 7.18. The van der Waals surface area contributed by atoms with Crippen LogP contribution in [0.2, 0.25) is 0 Å². The number of para-hydroxylation sites is 1. The lowest BCUT2D eigenvalue weighted by atomic mass is 10.0. The largest absolute Gasteiger partial charge is 0.379 e. The standard InChI is InChI=1S/C15H22FNO3S/c1-20-15(12-7-3-4-8-12)11-17(21(2,18)19)14-10-6-5-9-13(14)16/h5-6,9-10,12,15H,3-4,7-8,11H2,1-2H3. The van der Waals surface area contributed by atoms with Gasteiger partial charge in [-0.1, -0.05) is 25.0 Å². The van der Waals surface area contributed by atoms with Crippen LogP contribution < -0.4 is 4.31 Å². The van der Waals surface area contributed by atoms with Gasteiger partial charge in [0.05, 0.1) is 24.6 Å². The first kappa shape index (κ1) is 16.2. The van der Waals surface area contributed by atoms with Gasteiger partial charge >= 0.3 is 0 Å². The molecule has 1 aliphatic rings. The van der Waals surface area contributed by atoms with Gasteiger partial charge in [0.2, 0.25) is 10.0 Å². The summed E-state index contributed by atoms with van der Waals surface area (Å²) in [4.78, 5) is 0. The first-order chi connectivity index (χ1) is 9.93. The summed E-state index contributed by atoms with van der Waals surface area (Å²) in [5.74, 6) is -0.199. The van der Waals surface area contributed by atoms with Gasteiger partial charge in [-0.05, 0) is 30.9 Å². The molecule has 1 fully saturated rings. The van der Waals surface area contributed by atoms with E-state index in [4.69, 9.17) is 4.74 Å². The van der Waals surface area contributed by atoms with Crippen molar-refractivity contribution < 1.29 is 17.5 Å². The Morgan fingerprint density at radius 3 is 2.48 bits per heavy atom. The highest BCUT2D eigenvalue weighted by molar-refractivity contribution is 7.92. The molecular weight excluding hydrogens is 293 g/mol. The van der Waals surface area contributed by atoms with Crippen LogP contribution in [0.4, 0.5) is 10.1 Å². The molecule has 6 heteroatoms. The second-order valence-electron chi connectivity index (χ2n) is 5.56. The molecule has 0 bridgehead atoms. The van der Waals surface area contributed by atoms with Gasteiger partial charge in [0.1, 0.15) is 5.82 Å². The Bertz CT molecular complexity index is 570. The third-order valence-corrected chi connectivity index (χ3v) is 5.24. The fourth-order valence-corrected chi connectivity index (χ4v) is 3.90. The van der Waals surface area contributed by atoms with Gasteiger partial charge in [0.15, 0.2) is 0 Å². The molecule has 0 amide bonds. The van der Waals surface area contributed by atoms with Crippen molar-refractivity contribution in [2.75, 3.05) is 24.2 Å². The minimum atomic E-state index is -3.56. The second kappa shape index (κ2) is 6.75. The smallest absolute Gasteiger partial charge is 0.232 e. The third kappa shape index (κ3) is 3.95. The Morgan fingerprint density at radius 2 is 1.95 bits per heavy atom. The van der Waals surface area contributed by atoms with Gasteiger partial charge in [-0.2, -0.15) is 0 Å². The third-order valence-electron chi connectivity index (χ3n) is 4.10. The average molecular weight is 315 g/mol. The summed E-state index contributed by atoms with van der Waals surface area (Å²) < 4.78 is 44.7. The van der Waals surface area contributed by atoms with Crippen LogP contribution in [0.25, 0.3) is 0 Å². The lowest BCUT2D eigenvalue weighted by molar-refractivity contribution is 0.0620. The van der Waals surface area contributed by atoms with Crippen LogP contribution in [0.3, 0.4) is 0 Å². The predicted octanol–water partition coefficient (Wildman–Crippen LogP) is 2.80. The van der Waals surface area contributed by atoms with Gasteiger partial charge in [-0.15, -0.1) is 0 Å². The Labute approximate surface area is 126 Å². The summed E-state index contributed by atoms with van der Waals surface area (Å²) in [6, 6.07) is 5.93. The molecule has 0 N–H and O–H groups in total. The number of halogens is 1. The number of hydrogen-bond acceptors (Lipinski definition) is 3. The summed E-state index contributed by atoms with van der Waals surface area (Å²) in [5, 5.41) is 0. The fourth-order valence-electron chi connectivity index (χ4n) is 2.98. The van der Waals surface area contributed by atoms with E-state index in [1.54, 1.807) is 19.2 Å². The predicted molar refractivity (Wildman–Crippen MR) is 81.3 cm³/mol. The van der Waals surface area contributed by atoms with E-state index in [0.717, 1.165) is 36.2 Å². The molecule has 0 radical (unpaired) electrons. The Hall–Kier alpha value is -1.14. The molecule has 1 saturated carbocycles. The molecule has 4 nitrogen and oxygen atoms in total. The molecule has 0 heterocycles. The number of sulfonamides is 1. The van der Waals surface area contributed by atoms with E-state index in [1.165, 1.54) is 12.1 Å². The van der Waals surface area contributed by atoms with Crippen molar-refractivity contribution in [2.24, 2.45) is 5.92 Å². The minimum Gasteiger partial charge on any atom is -0.379 e. The topological polar surface area (TPSA) is 46.6 Å². The number of methoxy groups -OCH3 is 1. The molecule has 0 aromatic heterocycles. The lowest BCUT2D eigenvalue weighted by Crippen LogP contribution is -2.41. The minimum absolute atomic E-state index is 0.0834. The van der Waals surface area contributed by atoms with Crippen molar-refractivity contribution in [1.82, 2.24) is 0 Å². The number of ether oxygens (including phenoxy) is 1. The van der Waals surface area contributed by atoms with Gasteiger partial charge in [0.25, 0.3) is 0 Å². The van der Waals surface area contributed by atoms with Crippen molar-refractivity contribution in [3.05, 3.63) is 30.1 Å². The molecule has 1 aliphatic carbocycles. The van der Waals surface area contributed by atoms with Gasteiger partial charge in [-0.3, -0.25) is 4.31 Å². The Kier molecular flexibility index (Phi) is 5.22. The van der Waals surface area contributed by atoms with E-state index in [0.29, 0.717) is 5.92 Å². The van der Waals surface area contributed by atoms with Crippen LogP contribution in [0.5, 0.6) is 0 Å². The zero-order valence-corrected chi connectivity index (χ0v) is 13.3. The molecule has 2 rings (SSSR count). The quantitative estimate of drug-likeness (QED) is 0.811. The highest BCUT2D eigenvalue weighted by atomic mass is 32.2. The number of hydrogen-bond donors (Lipinski definition) is 0. The molecule has 1 aromatic carbocycles. The molecule has 21 heavy (non-hydrogen) atoms. The molecule has 1 atom stereocenters. The first-order valence-corrected chi connectivity index (χ1v) is 9.03. The summed E-state index contributed by atoms with van der Waals surface area (Å²) in [7, 11) is -1.97. The van der Waals surface area contributed by atoms with Crippen LogP contribution in [0.1, 0.15) is 25.7 Å². The van der Waals surface area contributed by atoms with Crippen LogP contribution in [0.15, 0.2) is 24.3 Å². The number of nitrogens with zero attached hydrogens (tertiary/aromatic N) is 1. The Balaban J connectivity index is 2.27. The highest BCUT2D eigenvalue weighted by Crippen LogP contribution is 2.31. The summed E-state index contributed by atoms with van der Waals surface area (Å²) >= 11 is 0. The average Bonchev–Trinajstić information content (AvgIpc) is 2.94. The molecule has 0 spiro atoms. The summed E-state index contributed by atoms with van der Waals surface area (Å²) in [6.45, 7) is 0.154. The van der Waals surface area contributed by atoms with Crippen molar-refractivity contribution in [1.29, 1.82) is 0 Å². The maximum Gasteiger partial charge on any atom is 0.232 e. The van der Waals surface area contributed by atoms with Crippen molar-refractivity contribution >= 4 is 15.7 Å². The van der Waals surface area contributed by atoms with E-state index in [1.807, 2.05) is 0 Å². The van der Waals surface area contributed by atoms with E-state index in [-0.39, 0.29) is 18.3 Å².